The summed E-state index contributed by atoms with van der Waals surface area (Å²) >= 11 is 0. The zero-order valence-electron chi connectivity index (χ0n) is 14.4. The molecule has 4 nitrogen and oxygen atoms in total. The van der Waals surface area contributed by atoms with Crippen LogP contribution in [0, 0.1) is 0 Å². The molecule has 4 heteroatoms. The van der Waals surface area contributed by atoms with Crippen molar-refractivity contribution in [2.45, 2.75) is 64.8 Å². The van der Waals surface area contributed by atoms with Gasteiger partial charge in [0.1, 0.15) is 0 Å². The number of hydrogen-bond donors (Lipinski definition) is 2. The van der Waals surface area contributed by atoms with Crippen molar-refractivity contribution >= 4 is 11.8 Å². The van der Waals surface area contributed by atoms with Crippen molar-refractivity contribution in [3.8, 4) is 0 Å². The summed E-state index contributed by atoms with van der Waals surface area (Å²) in [5.41, 5.74) is 1.19. The van der Waals surface area contributed by atoms with Gasteiger partial charge in [0.25, 0.3) is 0 Å². The van der Waals surface area contributed by atoms with E-state index in [4.69, 9.17) is 0 Å². The van der Waals surface area contributed by atoms with E-state index in [0.29, 0.717) is 6.42 Å². The Bertz CT molecular complexity index is 460. The summed E-state index contributed by atoms with van der Waals surface area (Å²) in [5, 5.41) is 5.61. The zero-order chi connectivity index (χ0) is 16.9. The van der Waals surface area contributed by atoms with E-state index in [9.17, 15) is 9.59 Å². The average molecular weight is 318 g/mol. The van der Waals surface area contributed by atoms with Gasteiger partial charge in [-0.25, -0.2) is 0 Å². The molecule has 1 unspecified atom stereocenters. The number of benzene rings is 1. The Kier molecular flexibility index (Phi) is 9.76. The van der Waals surface area contributed by atoms with Crippen molar-refractivity contribution in [2.75, 3.05) is 6.54 Å². The predicted molar refractivity (Wildman–Crippen MR) is 94.1 cm³/mol. The fourth-order valence-electron chi connectivity index (χ4n) is 2.50. The Balaban J connectivity index is 2.12. The lowest BCUT2D eigenvalue weighted by atomic mass is 10.1. The molecule has 2 amide bonds. The maximum atomic E-state index is 11.8. The standard InChI is InChI=1S/C19H30N2O2/c1-3-4-5-6-10-13-18(22)20-15-19(23)21-16(2)14-17-11-8-7-9-12-17/h7-9,11-12,16H,3-6,10,13-15H2,1-2H3,(H,20,22)(H,21,23). The third kappa shape index (κ3) is 9.72. The molecule has 0 radical (unpaired) electrons. The number of carbonyl (C=O) groups is 2. The summed E-state index contributed by atoms with van der Waals surface area (Å²) < 4.78 is 0. The molecule has 0 heterocycles. The largest absolute Gasteiger partial charge is 0.352 e. The lowest BCUT2D eigenvalue weighted by Crippen LogP contribution is -2.41. The van der Waals surface area contributed by atoms with Gasteiger partial charge in [0.05, 0.1) is 6.54 Å². The van der Waals surface area contributed by atoms with E-state index in [-0.39, 0.29) is 24.4 Å². The first-order chi connectivity index (χ1) is 11.1. The Morgan fingerprint density at radius 2 is 1.70 bits per heavy atom. The van der Waals surface area contributed by atoms with Crippen LogP contribution in [0.2, 0.25) is 0 Å². The van der Waals surface area contributed by atoms with Gasteiger partial charge in [-0.3, -0.25) is 9.59 Å². The van der Waals surface area contributed by atoms with Gasteiger partial charge in [-0.05, 0) is 25.3 Å². The second-order valence-corrected chi connectivity index (χ2v) is 6.10. The van der Waals surface area contributed by atoms with E-state index >= 15 is 0 Å². The van der Waals surface area contributed by atoms with E-state index in [0.717, 1.165) is 19.3 Å². The highest BCUT2D eigenvalue weighted by molar-refractivity contribution is 5.84. The van der Waals surface area contributed by atoms with Crippen molar-refractivity contribution in [3.63, 3.8) is 0 Å². The fraction of sp³-hybridized carbons (Fsp3) is 0.579. The van der Waals surface area contributed by atoms with Crippen LogP contribution < -0.4 is 10.6 Å². The van der Waals surface area contributed by atoms with E-state index in [1.807, 2.05) is 37.3 Å². The Morgan fingerprint density at radius 1 is 1.00 bits per heavy atom. The first kappa shape index (κ1) is 19.2. The van der Waals surface area contributed by atoms with Crippen molar-refractivity contribution in [2.24, 2.45) is 0 Å². The predicted octanol–water partition coefficient (Wildman–Crippen LogP) is 3.21. The summed E-state index contributed by atoms with van der Waals surface area (Å²) in [6.45, 7) is 4.21. The molecule has 0 saturated heterocycles. The van der Waals surface area contributed by atoms with Crippen molar-refractivity contribution in [3.05, 3.63) is 35.9 Å². The van der Waals surface area contributed by atoms with Crippen molar-refractivity contribution < 1.29 is 9.59 Å². The number of hydrogen-bond acceptors (Lipinski definition) is 2. The van der Waals surface area contributed by atoms with Crippen LogP contribution in [0.5, 0.6) is 0 Å². The van der Waals surface area contributed by atoms with Gasteiger partial charge in [-0.1, -0.05) is 62.9 Å². The minimum Gasteiger partial charge on any atom is -0.352 e. The average Bonchev–Trinajstić information content (AvgIpc) is 2.53. The van der Waals surface area contributed by atoms with Crippen LogP contribution in [0.4, 0.5) is 0 Å². The molecule has 0 saturated carbocycles. The maximum absolute atomic E-state index is 11.8. The quantitative estimate of drug-likeness (QED) is 0.616. The van der Waals surface area contributed by atoms with Gasteiger partial charge in [0, 0.05) is 12.5 Å². The molecule has 0 bridgehead atoms. The van der Waals surface area contributed by atoms with Gasteiger partial charge in [0.2, 0.25) is 11.8 Å². The van der Waals surface area contributed by atoms with Crippen LogP contribution >= 0.6 is 0 Å². The SMILES string of the molecule is CCCCCCCC(=O)NCC(=O)NC(C)Cc1ccccc1. The molecule has 1 rings (SSSR count). The number of unbranched alkanes of at least 4 members (excludes halogenated alkanes) is 4. The van der Waals surface area contributed by atoms with Crippen LogP contribution in [0.15, 0.2) is 30.3 Å². The zero-order valence-corrected chi connectivity index (χ0v) is 14.4. The van der Waals surface area contributed by atoms with Gasteiger partial charge in [0.15, 0.2) is 0 Å². The summed E-state index contributed by atoms with van der Waals surface area (Å²) in [4.78, 5) is 23.5. The van der Waals surface area contributed by atoms with E-state index in [2.05, 4.69) is 17.6 Å². The summed E-state index contributed by atoms with van der Waals surface area (Å²) in [7, 11) is 0. The smallest absolute Gasteiger partial charge is 0.239 e. The van der Waals surface area contributed by atoms with Gasteiger partial charge in [-0.15, -0.1) is 0 Å². The van der Waals surface area contributed by atoms with E-state index < -0.39 is 0 Å². The number of carbonyl (C=O) groups excluding carboxylic acids is 2. The third-order valence-corrected chi connectivity index (χ3v) is 3.75. The van der Waals surface area contributed by atoms with E-state index in [1.54, 1.807) is 0 Å². The maximum Gasteiger partial charge on any atom is 0.239 e. The molecule has 128 valence electrons. The molecule has 0 aromatic heterocycles. The minimum absolute atomic E-state index is 0.0349. The first-order valence-electron chi connectivity index (χ1n) is 8.71. The third-order valence-electron chi connectivity index (χ3n) is 3.75. The first-order valence-corrected chi connectivity index (χ1v) is 8.71. The van der Waals surface area contributed by atoms with Gasteiger partial charge >= 0.3 is 0 Å². The summed E-state index contributed by atoms with van der Waals surface area (Å²) in [6.07, 6.45) is 6.89. The Morgan fingerprint density at radius 3 is 2.39 bits per heavy atom. The van der Waals surface area contributed by atoms with Gasteiger partial charge < -0.3 is 10.6 Å². The fourth-order valence-corrected chi connectivity index (χ4v) is 2.50. The number of amides is 2. The van der Waals surface area contributed by atoms with Crippen molar-refractivity contribution in [1.82, 2.24) is 10.6 Å². The monoisotopic (exact) mass is 318 g/mol. The lowest BCUT2D eigenvalue weighted by molar-refractivity contribution is -0.126. The van der Waals surface area contributed by atoms with Crippen LogP contribution in [-0.2, 0) is 16.0 Å². The Hall–Kier alpha value is -1.84. The molecule has 0 aliphatic rings. The molecule has 0 spiro atoms. The highest BCUT2D eigenvalue weighted by atomic mass is 16.2. The highest BCUT2D eigenvalue weighted by Crippen LogP contribution is 2.05. The molecule has 1 aromatic carbocycles. The van der Waals surface area contributed by atoms with Crippen LogP contribution in [0.1, 0.15) is 57.9 Å². The lowest BCUT2D eigenvalue weighted by Gasteiger charge is -2.14. The molecule has 0 fully saturated rings. The number of nitrogens with one attached hydrogen (secondary N) is 2. The molecule has 23 heavy (non-hydrogen) atoms. The molecule has 1 aromatic rings. The highest BCUT2D eigenvalue weighted by Gasteiger charge is 2.09. The van der Waals surface area contributed by atoms with Gasteiger partial charge in [-0.2, -0.15) is 0 Å². The molecule has 1 atom stereocenters. The summed E-state index contributed by atoms with van der Waals surface area (Å²) in [6, 6.07) is 10.1. The molecule has 0 aliphatic heterocycles. The molecule has 2 N–H and O–H groups in total. The van der Waals surface area contributed by atoms with Crippen LogP contribution in [0.25, 0.3) is 0 Å². The molecular formula is C19H30N2O2. The molecular weight excluding hydrogens is 288 g/mol. The second-order valence-electron chi connectivity index (χ2n) is 6.10. The topological polar surface area (TPSA) is 58.2 Å². The Labute approximate surface area is 140 Å². The second kappa shape index (κ2) is 11.7. The number of rotatable bonds is 11. The van der Waals surface area contributed by atoms with Crippen LogP contribution in [0.3, 0.4) is 0 Å². The minimum atomic E-state index is -0.132. The summed E-state index contributed by atoms with van der Waals surface area (Å²) in [5.74, 6) is -0.167. The molecule has 0 aliphatic carbocycles. The van der Waals surface area contributed by atoms with Crippen molar-refractivity contribution in [1.29, 1.82) is 0 Å². The van der Waals surface area contributed by atoms with Crippen LogP contribution in [-0.4, -0.2) is 24.4 Å². The normalized spacial score (nSPS) is 11.7. The van der Waals surface area contributed by atoms with E-state index in [1.165, 1.54) is 24.8 Å².